The monoisotopic (exact) mass is 386 g/mol. The van der Waals surface area contributed by atoms with Crippen molar-refractivity contribution in [3.63, 3.8) is 0 Å². The fourth-order valence-corrected chi connectivity index (χ4v) is 4.63. The molecule has 1 saturated carbocycles. The molecule has 1 aliphatic carbocycles. The van der Waals surface area contributed by atoms with Crippen LogP contribution in [0.15, 0.2) is 24.3 Å². The molecule has 0 saturated heterocycles. The maximum absolute atomic E-state index is 13.3. The number of hydrogen-bond acceptors (Lipinski definition) is 4. The van der Waals surface area contributed by atoms with E-state index in [-0.39, 0.29) is 17.4 Å². The van der Waals surface area contributed by atoms with Crippen LogP contribution >= 0.6 is 0 Å². The summed E-state index contributed by atoms with van der Waals surface area (Å²) in [5, 5.41) is 13.7. The highest BCUT2D eigenvalue weighted by molar-refractivity contribution is 7.88. The van der Waals surface area contributed by atoms with Crippen LogP contribution in [-0.4, -0.2) is 37.9 Å². The van der Waals surface area contributed by atoms with Gasteiger partial charge in [-0.25, -0.2) is 17.5 Å². The number of aliphatic hydroxyl groups excluding tert-OH is 1. The maximum atomic E-state index is 13.3. The number of hydrogen-bond donors (Lipinski definition) is 3. The highest BCUT2D eigenvalue weighted by atomic mass is 32.2. The number of halogens is 1. The molecule has 0 unspecified atom stereocenters. The maximum Gasteiger partial charge on any atom is 0.208 e. The molecule has 0 aliphatic heterocycles. The number of benzene rings is 1. The summed E-state index contributed by atoms with van der Waals surface area (Å²) in [4.78, 5) is 0. The summed E-state index contributed by atoms with van der Waals surface area (Å²) in [7, 11) is -3.14. The SMILES string of the molecule is CC(C)(C[C@H]1CC[C@H](NS(C)(=O)=O)CC1)NC[C@H](O)c1cccc(F)c1. The third-order valence-corrected chi connectivity index (χ3v) is 5.80. The van der Waals surface area contributed by atoms with E-state index in [9.17, 15) is 17.9 Å². The summed E-state index contributed by atoms with van der Waals surface area (Å²) < 4.78 is 38.6. The van der Waals surface area contributed by atoms with Crippen molar-refractivity contribution in [3.05, 3.63) is 35.6 Å². The molecule has 5 nitrogen and oxygen atoms in total. The minimum atomic E-state index is -3.14. The number of sulfonamides is 1. The van der Waals surface area contributed by atoms with Crippen molar-refractivity contribution in [2.45, 2.75) is 63.6 Å². The first-order chi connectivity index (χ1) is 12.0. The lowest BCUT2D eigenvalue weighted by atomic mass is 9.79. The minimum Gasteiger partial charge on any atom is -0.387 e. The molecule has 1 fully saturated rings. The van der Waals surface area contributed by atoms with Crippen molar-refractivity contribution in [2.75, 3.05) is 12.8 Å². The van der Waals surface area contributed by atoms with Gasteiger partial charge in [0.05, 0.1) is 12.4 Å². The van der Waals surface area contributed by atoms with E-state index in [1.165, 1.54) is 18.4 Å². The average molecular weight is 387 g/mol. The Kier molecular flexibility index (Phi) is 7.19. The highest BCUT2D eigenvalue weighted by Gasteiger charge is 2.28. The fraction of sp³-hybridized carbons (Fsp3) is 0.684. The second-order valence-corrected chi connectivity index (χ2v) is 9.93. The summed E-state index contributed by atoms with van der Waals surface area (Å²) in [5.41, 5.74) is 0.413. The summed E-state index contributed by atoms with van der Waals surface area (Å²) >= 11 is 0. The third-order valence-electron chi connectivity index (χ3n) is 5.03. The molecule has 7 heteroatoms. The largest absolute Gasteiger partial charge is 0.387 e. The van der Waals surface area contributed by atoms with E-state index in [1.807, 2.05) is 0 Å². The summed E-state index contributed by atoms with van der Waals surface area (Å²) in [6.45, 7) is 4.57. The van der Waals surface area contributed by atoms with Crippen LogP contribution in [0.5, 0.6) is 0 Å². The molecule has 0 heterocycles. The van der Waals surface area contributed by atoms with E-state index in [2.05, 4.69) is 23.9 Å². The zero-order valence-electron chi connectivity index (χ0n) is 15.8. The molecule has 148 valence electrons. The van der Waals surface area contributed by atoms with Gasteiger partial charge in [-0.15, -0.1) is 0 Å². The first-order valence-corrected chi connectivity index (χ1v) is 11.1. The van der Waals surface area contributed by atoms with E-state index in [1.54, 1.807) is 12.1 Å². The van der Waals surface area contributed by atoms with E-state index in [0.717, 1.165) is 32.1 Å². The summed E-state index contributed by atoms with van der Waals surface area (Å²) in [6.07, 6.45) is 5.11. The van der Waals surface area contributed by atoms with Crippen LogP contribution in [0.3, 0.4) is 0 Å². The van der Waals surface area contributed by atoms with Crippen LogP contribution in [0.4, 0.5) is 4.39 Å². The van der Waals surface area contributed by atoms with Crippen LogP contribution in [0, 0.1) is 11.7 Å². The Morgan fingerprint density at radius 1 is 1.27 bits per heavy atom. The van der Waals surface area contributed by atoms with E-state index < -0.39 is 16.1 Å². The van der Waals surface area contributed by atoms with Crippen molar-refractivity contribution in [3.8, 4) is 0 Å². The first-order valence-electron chi connectivity index (χ1n) is 9.20. The molecular formula is C19H31FN2O3S. The number of β-amino-alcohol motifs (C(OH)–C–C–N with tert-alkyl or cyclic N) is 1. The van der Waals surface area contributed by atoms with Gasteiger partial charge in [0.25, 0.3) is 0 Å². The van der Waals surface area contributed by atoms with Gasteiger partial charge in [0, 0.05) is 18.1 Å². The number of nitrogens with one attached hydrogen (secondary N) is 2. The van der Waals surface area contributed by atoms with Gasteiger partial charge in [-0.1, -0.05) is 12.1 Å². The lowest BCUT2D eigenvalue weighted by molar-refractivity contribution is 0.149. The Balaban J connectivity index is 1.78. The Morgan fingerprint density at radius 3 is 2.50 bits per heavy atom. The normalized spacial score (nSPS) is 23.0. The molecule has 3 N–H and O–H groups in total. The first kappa shape index (κ1) is 21.3. The third kappa shape index (κ3) is 7.31. The van der Waals surface area contributed by atoms with Gasteiger partial charge in [0.15, 0.2) is 0 Å². The summed E-state index contributed by atoms with van der Waals surface area (Å²) in [5.74, 6) is 0.182. The molecule has 1 aromatic rings. The second-order valence-electron chi connectivity index (χ2n) is 8.15. The van der Waals surface area contributed by atoms with Gasteiger partial charge in [0.1, 0.15) is 5.82 Å². The van der Waals surface area contributed by atoms with Crippen molar-refractivity contribution >= 4 is 10.0 Å². The molecule has 0 radical (unpaired) electrons. The highest BCUT2D eigenvalue weighted by Crippen LogP contribution is 2.31. The van der Waals surface area contributed by atoms with E-state index in [0.29, 0.717) is 18.0 Å². The molecule has 1 atom stereocenters. The van der Waals surface area contributed by atoms with Gasteiger partial charge in [0.2, 0.25) is 10.0 Å². The number of aliphatic hydroxyl groups is 1. The van der Waals surface area contributed by atoms with Crippen molar-refractivity contribution < 1.29 is 17.9 Å². The smallest absolute Gasteiger partial charge is 0.208 e. The van der Waals surface area contributed by atoms with Crippen LogP contribution < -0.4 is 10.0 Å². The molecule has 0 amide bonds. The van der Waals surface area contributed by atoms with Gasteiger partial charge < -0.3 is 10.4 Å². The Bertz CT molecular complexity index is 686. The minimum absolute atomic E-state index is 0.0483. The predicted octanol–water partition coefficient (Wildman–Crippen LogP) is 2.73. The van der Waals surface area contributed by atoms with Crippen molar-refractivity contribution in [1.82, 2.24) is 10.0 Å². The second kappa shape index (κ2) is 8.78. The molecule has 0 bridgehead atoms. The Labute approximate surface area is 156 Å². The molecule has 0 aromatic heterocycles. The van der Waals surface area contributed by atoms with Crippen LogP contribution in [-0.2, 0) is 10.0 Å². The zero-order valence-corrected chi connectivity index (χ0v) is 16.7. The van der Waals surface area contributed by atoms with Crippen LogP contribution in [0.2, 0.25) is 0 Å². The topological polar surface area (TPSA) is 78.4 Å². The number of rotatable bonds is 8. The lowest BCUT2D eigenvalue weighted by Crippen LogP contribution is -2.44. The van der Waals surface area contributed by atoms with Gasteiger partial charge in [-0.2, -0.15) is 0 Å². The van der Waals surface area contributed by atoms with Crippen molar-refractivity contribution in [2.24, 2.45) is 5.92 Å². The van der Waals surface area contributed by atoms with Gasteiger partial charge in [-0.05, 0) is 69.6 Å². The molecule has 2 rings (SSSR count). The van der Waals surface area contributed by atoms with Gasteiger partial charge in [-0.3, -0.25) is 0 Å². The molecular weight excluding hydrogens is 355 g/mol. The van der Waals surface area contributed by atoms with E-state index >= 15 is 0 Å². The molecule has 26 heavy (non-hydrogen) atoms. The average Bonchev–Trinajstić information content (AvgIpc) is 2.53. The van der Waals surface area contributed by atoms with Crippen LogP contribution in [0.1, 0.15) is 57.6 Å². The predicted molar refractivity (Wildman–Crippen MR) is 102 cm³/mol. The van der Waals surface area contributed by atoms with Crippen LogP contribution in [0.25, 0.3) is 0 Å². The molecule has 0 spiro atoms. The lowest BCUT2D eigenvalue weighted by Gasteiger charge is -2.35. The molecule has 1 aromatic carbocycles. The molecule has 1 aliphatic rings. The summed E-state index contributed by atoms with van der Waals surface area (Å²) in [6, 6.07) is 6.09. The van der Waals surface area contributed by atoms with Gasteiger partial charge >= 0.3 is 0 Å². The quantitative estimate of drug-likeness (QED) is 0.642. The zero-order chi connectivity index (χ0) is 19.4. The Morgan fingerprint density at radius 2 is 1.92 bits per heavy atom. The van der Waals surface area contributed by atoms with E-state index in [4.69, 9.17) is 0 Å². The fourth-order valence-electron chi connectivity index (χ4n) is 3.79. The standard InChI is InChI=1S/C19H31FN2O3S/c1-19(2,21-13-18(23)15-5-4-6-16(20)11-15)12-14-7-9-17(10-8-14)22-26(3,24)25/h4-6,11,14,17-18,21-23H,7-10,12-13H2,1-3H3/t14-,17-,18-/m0/s1. The van der Waals surface area contributed by atoms with Crippen molar-refractivity contribution in [1.29, 1.82) is 0 Å². The Hall–Kier alpha value is -1.02.